The molecule has 0 saturated carbocycles. The Hall–Kier alpha value is -3.01. The molecule has 4 nitrogen and oxygen atoms in total. The topological polar surface area (TPSA) is 60.7 Å². The number of carbonyl (C=O) groups is 1. The lowest BCUT2D eigenvalue weighted by atomic mass is 9.91. The smallest absolute Gasteiger partial charge is 0.251 e. The first-order valence-corrected chi connectivity index (χ1v) is 8.77. The summed E-state index contributed by atoms with van der Waals surface area (Å²) in [7, 11) is 0. The SMILES string of the molecule is O=C(NC1CCCc2c1[nH]c1ccccc21)c1ccc2[nH]ccc2c1. The summed E-state index contributed by atoms with van der Waals surface area (Å²) < 4.78 is 0. The van der Waals surface area contributed by atoms with E-state index in [9.17, 15) is 4.79 Å². The minimum absolute atomic E-state index is 0.0143. The fraction of sp³-hybridized carbons (Fsp3) is 0.190. The van der Waals surface area contributed by atoms with Crippen LogP contribution in [0.5, 0.6) is 0 Å². The fourth-order valence-electron chi connectivity index (χ4n) is 4.00. The number of amides is 1. The molecule has 4 heteroatoms. The molecule has 25 heavy (non-hydrogen) atoms. The van der Waals surface area contributed by atoms with Crippen LogP contribution in [0.15, 0.2) is 54.7 Å². The van der Waals surface area contributed by atoms with Crippen molar-refractivity contribution in [2.45, 2.75) is 25.3 Å². The summed E-state index contributed by atoms with van der Waals surface area (Å²) in [4.78, 5) is 19.5. The summed E-state index contributed by atoms with van der Waals surface area (Å²) >= 11 is 0. The number of benzene rings is 2. The molecule has 0 aliphatic heterocycles. The van der Waals surface area contributed by atoms with Crippen molar-refractivity contribution in [2.75, 3.05) is 0 Å². The average Bonchev–Trinajstić information content (AvgIpc) is 3.26. The first kappa shape index (κ1) is 14.3. The van der Waals surface area contributed by atoms with Crippen molar-refractivity contribution in [1.29, 1.82) is 0 Å². The van der Waals surface area contributed by atoms with Crippen LogP contribution in [-0.4, -0.2) is 15.9 Å². The average molecular weight is 329 g/mol. The molecule has 2 heterocycles. The van der Waals surface area contributed by atoms with Gasteiger partial charge in [-0.05, 0) is 55.2 Å². The molecule has 0 bridgehead atoms. The number of carbonyl (C=O) groups excluding carboxylic acids is 1. The summed E-state index contributed by atoms with van der Waals surface area (Å²) in [6.45, 7) is 0. The molecule has 4 aromatic rings. The number of H-pyrrole nitrogens is 2. The van der Waals surface area contributed by atoms with Gasteiger partial charge in [-0.25, -0.2) is 0 Å². The molecule has 5 rings (SSSR count). The van der Waals surface area contributed by atoms with E-state index in [1.54, 1.807) is 0 Å². The molecule has 0 radical (unpaired) electrons. The number of hydrogen-bond donors (Lipinski definition) is 3. The van der Waals surface area contributed by atoms with Gasteiger partial charge in [-0.1, -0.05) is 18.2 Å². The molecule has 0 fully saturated rings. The van der Waals surface area contributed by atoms with Crippen LogP contribution in [0, 0.1) is 0 Å². The van der Waals surface area contributed by atoms with Gasteiger partial charge in [0.25, 0.3) is 5.91 Å². The number of aryl methyl sites for hydroxylation is 1. The van der Waals surface area contributed by atoms with Gasteiger partial charge in [-0.2, -0.15) is 0 Å². The lowest BCUT2D eigenvalue weighted by Gasteiger charge is -2.24. The van der Waals surface area contributed by atoms with Crippen molar-refractivity contribution in [3.63, 3.8) is 0 Å². The molecule has 1 unspecified atom stereocenters. The van der Waals surface area contributed by atoms with E-state index in [0.29, 0.717) is 5.56 Å². The minimum atomic E-state index is -0.0143. The molecule has 3 N–H and O–H groups in total. The fourth-order valence-corrected chi connectivity index (χ4v) is 4.00. The van der Waals surface area contributed by atoms with Gasteiger partial charge in [0.15, 0.2) is 0 Å². The van der Waals surface area contributed by atoms with Crippen LogP contribution in [0.25, 0.3) is 21.8 Å². The van der Waals surface area contributed by atoms with Gasteiger partial charge in [0.1, 0.15) is 0 Å². The molecular weight excluding hydrogens is 310 g/mol. The molecule has 2 aromatic carbocycles. The van der Waals surface area contributed by atoms with E-state index in [0.717, 1.165) is 35.7 Å². The second-order valence-corrected chi connectivity index (χ2v) is 6.76. The van der Waals surface area contributed by atoms with Crippen molar-refractivity contribution in [3.05, 3.63) is 71.5 Å². The maximum absolute atomic E-state index is 12.8. The summed E-state index contributed by atoms with van der Waals surface area (Å²) in [5, 5.41) is 5.57. The molecule has 124 valence electrons. The number of aromatic amines is 2. The molecule has 1 atom stereocenters. The quantitative estimate of drug-likeness (QED) is 0.500. The van der Waals surface area contributed by atoms with Gasteiger partial charge in [0.05, 0.1) is 6.04 Å². The Kier molecular flexibility index (Phi) is 3.17. The molecule has 1 amide bonds. The monoisotopic (exact) mass is 329 g/mol. The zero-order valence-corrected chi connectivity index (χ0v) is 13.8. The first-order chi connectivity index (χ1) is 12.3. The second kappa shape index (κ2) is 5.52. The number of nitrogens with one attached hydrogen (secondary N) is 3. The number of aromatic nitrogens is 2. The Bertz CT molecular complexity index is 1090. The maximum atomic E-state index is 12.8. The van der Waals surface area contributed by atoms with Crippen molar-refractivity contribution in [3.8, 4) is 0 Å². The van der Waals surface area contributed by atoms with E-state index in [4.69, 9.17) is 0 Å². The third-order valence-electron chi connectivity index (χ3n) is 5.24. The Morgan fingerprint density at radius 2 is 2.00 bits per heavy atom. The summed E-state index contributed by atoms with van der Waals surface area (Å²) in [6, 6.07) is 16.2. The highest BCUT2D eigenvalue weighted by atomic mass is 16.1. The Balaban J connectivity index is 1.47. The third kappa shape index (κ3) is 2.33. The van der Waals surface area contributed by atoms with Crippen molar-refractivity contribution < 1.29 is 4.79 Å². The largest absolute Gasteiger partial charge is 0.361 e. The van der Waals surface area contributed by atoms with Gasteiger partial charge >= 0.3 is 0 Å². The van der Waals surface area contributed by atoms with E-state index < -0.39 is 0 Å². The van der Waals surface area contributed by atoms with Crippen LogP contribution in [0.4, 0.5) is 0 Å². The summed E-state index contributed by atoms with van der Waals surface area (Å²) in [6.07, 6.45) is 5.03. The molecule has 0 saturated heterocycles. The zero-order chi connectivity index (χ0) is 16.8. The van der Waals surface area contributed by atoms with Gasteiger partial charge in [0, 0.05) is 39.3 Å². The van der Waals surface area contributed by atoms with Gasteiger partial charge < -0.3 is 15.3 Å². The first-order valence-electron chi connectivity index (χ1n) is 8.77. The summed E-state index contributed by atoms with van der Waals surface area (Å²) in [5.74, 6) is -0.0143. The third-order valence-corrected chi connectivity index (χ3v) is 5.24. The van der Waals surface area contributed by atoms with Crippen molar-refractivity contribution in [1.82, 2.24) is 15.3 Å². The van der Waals surface area contributed by atoms with Crippen LogP contribution in [0.3, 0.4) is 0 Å². The molecule has 1 aliphatic carbocycles. The molecule has 0 spiro atoms. The van der Waals surface area contributed by atoms with E-state index in [1.165, 1.54) is 16.6 Å². The van der Waals surface area contributed by atoms with E-state index in [1.807, 2.05) is 36.5 Å². The van der Waals surface area contributed by atoms with Crippen molar-refractivity contribution in [2.24, 2.45) is 0 Å². The predicted octanol–water partition coefficient (Wildman–Crippen LogP) is 4.46. The Morgan fingerprint density at radius 3 is 2.96 bits per heavy atom. The van der Waals surface area contributed by atoms with Gasteiger partial charge in [-0.3, -0.25) is 4.79 Å². The van der Waals surface area contributed by atoms with E-state index >= 15 is 0 Å². The predicted molar refractivity (Wildman–Crippen MR) is 99.7 cm³/mol. The van der Waals surface area contributed by atoms with Crippen molar-refractivity contribution >= 4 is 27.7 Å². The standard InChI is InChI=1S/C21H19N3O/c25-21(14-8-9-17-13(12-14)10-11-22-17)24-19-7-3-5-16-15-4-1-2-6-18(15)23-20(16)19/h1-2,4,6,8-12,19,22-23H,3,5,7H2,(H,24,25). The highest BCUT2D eigenvalue weighted by Gasteiger charge is 2.25. The van der Waals surface area contributed by atoms with Crippen LogP contribution >= 0.6 is 0 Å². The van der Waals surface area contributed by atoms with Gasteiger partial charge in [0.2, 0.25) is 0 Å². The van der Waals surface area contributed by atoms with Gasteiger partial charge in [-0.15, -0.1) is 0 Å². The minimum Gasteiger partial charge on any atom is -0.361 e. The molecule has 2 aromatic heterocycles. The van der Waals surface area contributed by atoms with Crippen LogP contribution in [0.2, 0.25) is 0 Å². The molecular formula is C21H19N3O. The Labute approximate surface area is 145 Å². The molecule has 1 aliphatic rings. The zero-order valence-electron chi connectivity index (χ0n) is 13.8. The number of fused-ring (bicyclic) bond motifs is 4. The van der Waals surface area contributed by atoms with Crippen LogP contribution in [0.1, 0.15) is 40.5 Å². The van der Waals surface area contributed by atoms with E-state index in [2.05, 4.69) is 33.5 Å². The Morgan fingerprint density at radius 1 is 1.08 bits per heavy atom. The van der Waals surface area contributed by atoms with Crippen LogP contribution < -0.4 is 5.32 Å². The summed E-state index contributed by atoms with van der Waals surface area (Å²) in [5.41, 5.74) is 5.43. The highest BCUT2D eigenvalue weighted by molar-refractivity contribution is 5.98. The number of para-hydroxylation sites is 1. The number of rotatable bonds is 2. The lowest BCUT2D eigenvalue weighted by molar-refractivity contribution is 0.0932. The lowest BCUT2D eigenvalue weighted by Crippen LogP contribution is -2.31. The maximum Gasteiger partial charge on any atom is 0.251 e. The number of hydrogen-bond acceptors (Lipinski definition) is 1. The highest BCUT2D eigenvalue weighted by Crippen LogP contribution is 2.34. The normalized spacial score (nSPS) is 16.9. The second-order valence-electron chi connectivity index (χ2n) is 6.76. The van der Waals surface area contributed by atoms with E-state index in [-0.39, 0.29) is 11.9 Å². The van der Waals surface area contributed by atoms with Crippen LogP contribution in [-0.2, 0) is 6.42 Å².